The Morgan fingerprint density at radius 1 is 1.03 bits per heavy atom. The Balaban J connectivity index is 1.36. The summed E-state index contributed by atoms with van der Waals surface area (Å²) in [7, 11) is 0. The van der Waals surface area contributed by atoms with Crippen LogP contribution in [0.1, 0.15) is 12.5 Å². The van der Waals surface area contributed by atoms with Crippen molar-refractivity contribution < 1.29 is 9.18 Å². The van der Waals surface area contributed by atoms with Crippen LogP contribution < -0.4 is 10.2 Å². The Morgan fingerprint density at radius 3 is 2.49 bits per heavy atom. The fourth-order valence-corrected chi connectivity index (χ4v) is 4.45. The third-order valence-electron chi connectivity index (χ3n) is 6.24. The highest BCUT2D eigenvalue weighted by Gasteiger charge is 2.29. The number of amides is 2. The van der Waals surface area contributed by atoms with Crippen molar-refractivity contribution in [3.8, 4) is 17.3 Å². The molecular formula is C27H23FN6O. The number of nitrogens with one attached hydrogen (secondary N) is 1. The topological polar surface area (TPSA) is 85.2 Å². The minimum absolute atomic E-state index is 0.0272. The highest BCUT2D eigenvalue weighted by Crippen LogP contribution is 2.32. The number of carbonyl (C=O) groups excluding carboxylic acids is 1. The Hall–Kier alpha value is -4.51. The molecule has 4 aromatic rings. The summed E-state index contributed by atoms with van der Waals surface area (Å²) in [5.41, 5.74) is 2.10. The van der Waals surface area contributed by atoms with E-state index in [1.807, 2.05) is 61.5 Å². The molecule has 1 atom stereocenters. The van der Waals surface area contributed by atoms with Crippen LogP contribution in [0.2, 0.25) is 0 Å². The van der Waals surface area contributed by atoms with Crippen molar-refractivity contribution in [2.45, 2.75) is 13.0 Å². The second kappa shape index (κ2) is 9.39. The number of nitriles is 1. The van der Waals surface area contributed by atoms with Crippen molar-refractivity contribution in [2.75, 3.05) is 29.9 Å². The third-order valence-corrected chi connectivity index (χ3v) is 6.24. The molecule has 8 heteroatoms. The smallest absolute Gasteiger partial charge is 0.322 e. The van der Waals surface area contributed by atoms with Gasteiger partial charge in [-0.2, -0.15) is 5.26 Å². The molecule has 1 aliphatic rings. The third kappa shape index (κ3) is 4.36. The van der Waals surface area contributed by atoms with E-state index in [1.54, 1.807) is 4.90 Å². The van der Waals surface area contributed by atoms with Crippen LogP contribution >= 0.6 is 0 Å². The van der Waals surface area contributed by atoms with E-state index in [-0.39, 0.29) is 23.3 Å². The van der Waals surface area contributed by atoms with Crippen LogP contribution in [-0.4, -0.2) is 46.8 Å². The molecule has 1 aliphatic heterocycles. The first-order chi connectivity index (χ1) is 17.0. The fourth-order valence-electron chi connectivity index (χ4n) is 4.45. The molecule has 2 amide bonds. The minimum Gasteiger partial charge on any atom is -0.348 e. The van der Waals surface area contributed by atoms with E-state index in [1.165, 1.54) is 12.1 Å². The van der Waals surface area contributed by atoms with Crippen molar-refractivity contribution in [3.63, 3.8) is 0 Å². The molecule has 1 N–H and O–H groups in total. The summed E-state index contributed by atoms with van der Waals surface area (Å²) < 4.78 is 14.2. The first-order valence-electron chi connectivity index (χ1n) is 11.4. The van der Waals surface area contributed by atoms with Gasteiger partial charge in [0.25, 0.3) is 0 Å². The Bertz CT molecular complexity index is 1440. The zero-order valence-corrected chi connectivity index (χ0v) is 19.1. The maximum Gasteiger partial charge on any atom is 0.322 e. The van der Waals surface area contributed by atoms with Gasteiger partial charge in [-0.1, -0.05) is 54.6 Å². The number of fused-ring (bicyclic) bond motifs is 1. The number of benzene rings is 3. The van der Waals surface area contributed by atoms with Gasteiger partial charge in [-0.25, -0.2) is 9.18 Å². The first kappa shape index (κ1) is 22.3. The number of nitrogens with zero attached hydrogens (tertiary/aromatic N) is 5. The van der Waals surface area contributed by atoms with Gasteiger partial charge in [0.1, 0.15) is 11.5 Å². The lowest BCUT2D eigenvalue weighted by atomic mass is 10.0. The second-order valence-electron chi connectivity index (χ2n) is 8.51. The zero-order valence-electron chi connectivity index (χ0n) is 19.1. The maximum atomic E-state index is 14.2. The van der Waals surface area contributed by atoms with Gasteiger partial charge in [0, 0.05) is 42.0 Å². The molecule has 1 unspecified atom stereocenters. The lowest BCUT2D eigenvalue weighted by molar-refractivity contribution is 0.200. The van der Waals surface area contributed by atoms with E-state index in [0.29, 0.717) is 19.6 Å². The highest BCUT2D eigenvalue weighted by atomic mass is 19.1. The number of aromatic nitrogens is 2. The van der Waals surface area contributed by atoms with Gasteiger partial charge in [-0.05, 0) is 25.1 Å². The number of anilines is 2. The molecular weight excluding hydrogens is 443 g/mol. The summed E-state index contributed by atoms with van der Waals surface area (Å²) in [5.74, 6) is 0.148. The van der Waals surface area contributed by atoms with E-state index in [4.69, 9.17) is 5.26 Å². The Labute approximate surface area is 202 Å². The SMILES string of the molecule is CC1CN(C(=O)Nc2ccc(C#N)cc2F)CCN1c1nnc(-c2ccccc2)c2ccccc12. The standard InChI is InChI=1S/C27H23FN6O/c1-18-17-33(27(35)30-24-12-11-19(16-29)15-23(24)28)13-14-34(18)26-22-10-6-5-9-21(22)25(31-32-26)20-7-3-2-4-8-20/h2-12,15,18H,13-14,17H2,1H3,(H,30,35). The number of hydrogen-bond acceptors (Lipinski definition) is 5. The molecule has 3 aromatic carbocycles. The van der Waals surface area contributed by atoms with Gasteiger partial charge in [0.15, 0.2) is 5.82 Å². The van der Waals surface area contributed by atoms with Crippen molar-refractivity contribution >= 4 is 28.3 Å². The molecule has 0 bridgehead atoms. The summed E-state index contributed by atoms with van der Waals surface area (Å²) in [4.78, 5) is 16.6. The predicted molar refractivity (Wildman–Crippen MR) is 133 cm³/mol. The molecule has 0 saturated carbocycles. The Kier molecular flexibility index (Phi) is 5.98. The minimum atomic E-state index is -0.635. The number of halogens is 1. The number of piperazine rings is 1. The molecule has 174 valence electrons. The maximum absolute atomic E-state index is 14.2. The molecule has 1 saturated heterocycles. The summed E-state index contributed by atoms with van der Waals surface area (Å²) in [6, 6.07) is 23.5. The average molecular weight is 467 g/mol. The van der Waals surface area contributed by atoms with E-state index in [9.17, 15) is 9.18 Å². The number of rotatable bonds is 3. The van der Waals surface area contributed by atoms with Crippen molar-refractivity contribution in [3.05, 3.63) is 84.2 Å². The van der Waals surface area contributed by atoms with Gasteiger partial charge in [-0.15, -0.1) is 10.2 Å². The fraction of sp³-hybridized carbons (Fsp3) is 0.185. The molecule has 35 heavy (non-hydrogen) atoms. The van der Waals surface area contributed by atoms with Crippen molar-refractivity contribution in [1.82, 2.24) is 15.1 Å². The molecule has 5 rings (SSSR count). The quantitative estimate of drug-likeness (QED) is 0.457. The molecule has 1 aromatic heterocycles. The van der Waals surface area contributed by atoms with Crippen molar-refractivity contribution in [2.24, 2.45) is 0 Å². The van der Waals surface area contributed by atoms with Crippen LogP contribution in [0.5, 0.6) is 0 Å². The van der Waals surface area contributed by atoms with Gasteiger partial charge in [-0.3, -0.25) is 0 Å². The van der Waals surface area contributed by atoms with Crippen LogP contribution in [0.3, 0.4) is 0 Å². The van der Waals surface area contributed by atoms with Crippen LogP contribution in [-0.2, 0) is 0 Å². The van der Waals surface area contributed by atoms with E-state index >= 15 is 0 Å². The monoisotopic (exact) mass is 466 g/mol. The van der Waals surface area contributed by atoms with E-state index < -0.39 is 5.82 Å². The van der Waals surface area contributed by atoms with E-state index in [2.05, 4.69) is 26.5 Å². The van der Waals surface area contributed by atoms with Crippen LogP contribution in [0.25, 0.3) is 22.0 Å². The van der Waals surface area contributed by atoms with Gasteiger partial charge < -0.3 is 15.1 Å². The van der Waals surface area contributed by atoms with E-state index in [0.717, 1.165) is 33.9 Å². The average Bonchev–Trinajstić information content (AvgIpc) is 2.89. The summed E-state index contributed by atoms with van der Waals surface area (Å²) in [5, 5.41) is 22.7. The summed E-state index contributed by atoms with van der Waals surface area (Å²) in [6.07, 6.45) is 0. The van der Waals surface area contributed by atoms with Gasteiger partial charge in [0.05, 0.1) is 17.3 Å². The lowest BCUT2D eigenvalue weighted by Gasteiger charge is -2.40. The Morgan fingerprint density at radius 2 is 1.77 bits per heavy atom. The second-order valence-corrected chi connectivity index (χ2v) is 8.51. The van der Waals surface area contributed by atoms with Gasteiger partial charge in [0.2, 0.25) is 0 Å². The highest BCUT2D eigenvalue weighted by molar-refractivity contribution is 6.00. The number of carbonyl (C=O) groups is 1. The summed E-state index contributed by atoms with van der Waals surface area (Å²) >= 11 is 0. The molecule has 7 nitrogen and oxygen atoms in total. The normalized spacial score (nSPS) is 15.6. The zero-order chi connectivity index (χ0) is 24.4. The van der Waals surface area contributed by atoms with Gasteiger partial charge >= 0.3 is 6.03 Å². The largest absolute Gasteiger partial charge is 0.348 e. The van der Waals surface area contributed by atoms with Crippen LogP contribution in [0.15, 0.2) is 72.8 Å². The van der Waals surface area contributed by atoms with Crippen LogP contribution in [0, 0.1) is 17.1 Å². The molecule has 2 heterocycles. The lowest BCUT2D eigenvalue weighted by Crippen LogP contribution is -2.55. The number of hydrogen-bond donors (Lipinski definition) is 1. The van der Waals surface area contributed by atoms with Crippen LogP contribution in [0.4, 0.5) is 20.7 Å². The first-order valence-corrected chi connectivity index (χ1v) is 11.4. The molecule has 0 radical (unpaired) electrons. The molecule has 0 spiro atoms. The predicted octanol–water partition coefficient (Wildman–Crippen LogP) is 5.05. The summed E-state index contributed by atoms with van der Waals surface area (Å²) in [6.45, 7) is 3.49. The number of urea groups is 1. The van der Waals surface area contributed by atoms with Crippen molar-refractivity contribution in [1.29, 1.82) is 5.26 Å². The molecule has 0 aliphatic carbocycles. The molecule has 1 fully saturated rings.